The molecule has 0 spiro atoms. The predicted octanol–water partition coefficient (Wildman–Crippen LogP) is 1.02. The maximum absolute atomic E-state index is 12.0. The monoisotopic (exact) mass is 306 g/mol. The Morgan fingerprint density at radius 1 is 1.24 bits per heavy atom. The second-order valence-electron chi connectivity index (χ2n) is 5.23. The van der Waals surface area contributed by atoms with Gasteiger partial charge in [-0.25, -0.2) is 0 Å². The minimum atomic E-state index is 0.0203. The first kappa shape index (κ1) is 15.7. The van der Waals surface area contributed by atoms with Crippen molar-refractivity contribution >= 4 is 23.2 Å². The van der Waals surface area contributed by atoms with Crippen molar-refractivity contribution < 1.29 is 4.79 Å². The molecule has 1 amide bonds. The highest BCUT2D eigenvalue weighted by atomic mass is 32.1. The standard InChI is InChI=1S/C15H22N4OS/c1-16-15(21)18-17-14(20)13-7-9-19(10-8-13)11-12-5-3-2-4-6-12/h2-6,13H,7-11H2,1H3,(H,17,20)(H2,16,18,21). The number of piperidine rings is 1. The molecule has 1 heterocycles. The normalized spacial score (nSPS) is 16.2. The Kier molecular flexibility index (Phi) is 5.95. The Hall–Kier alpha value is -1.66. The lowest BCUT2D eigenvalue weighted by molar-refractivity contribution is -0.127. The van der Waals surface area contributed by atoms with Gasteiger partial charge >= 0.3 is 0 Å². The number of nitrogens with one attached hydrogen (secondary N) is 3. The molecule has 1 fully saturated rings. The summed E-state index contributed by atoms with van der Waals surface area (Å²) in [7, 11) is 1.71. The summed E-state index contributed by atoms with van der Waals surface area (Å²) in [6.07, 6.45) is 1.76. The van der Waals surface area contributed by atoms with Crippen LogP contribution in [0.25, 0.3) is 0 Å². The Morgan fingerprint density at radius 3 is 2.52 bits per heavy atom. The molecule has 1 aliphatic rings. The van der Waals surface area contributed by atoms with Gasteiger partial charge in [0.25, 0.3) is 0 Å². The first-order valence-electron chi connectivity index (χ1n) is 7.23. The van der Waals surface area contributed by atoms with E-state index in [0.29, 0.717) is 5.11 Å². The molecule has 0 aromatic heterocycles. The third kappa shape index (κ3) is 4.99. The molecule has 0 aliphatic carbocycles. The summed E-state index contributed by atoms with van der Waals surface area (Å²) >= 11 is 4.92. The van der Waals surface area contributed by atoms with Crippen LogP contribution in [0.3, 0.4) is 0 Å². The first-order valence-corrected chi connectivity index (χ1v) is 7.63. The van der Waals surface area contributed by atoms with Crippen LogP contribution in [0, 0.1) is 5.92 Å². The lowest BCUT2D eigenvalue weighted by Crippen LogP contribution is -2.49. The van der Waals surface area contributed by atoms with Crippen molar-refractivity contribution in [2.45, 2.75) is 19.4 Å². The van der Waals surface area contributed by atoms with Crippen molar-refractivity contribution in [2.75, 3.05) is 20.1 Å². The second kappa shape index (κ2) is 7.95. The molecule has 0 bridgehead atoms. The van der Waals surface area contributed by atoms with E-state index in [0.717, 1.165) is 32.5 Å². The zero-order valence-corrected chi connectivity index (χ0v) is 13.1. The van der Waals surface area contributed by atoms with Gasteiger partial charge in [0.15, 0.2) is 5.11 Å². The minimum absolute atomic E-state index is 0.0203. The Balaban J connectivity index is 1.72. The molecule has 1 aromatic carbocycles. The van der Waals surface area contributed by atoms with Crippen LogP contribution in [0.1, 0.15) is 18.4 Å². The number of carbonyl (C=O) groups excluding carboxylic acids is 1. The van der Waals surface area contributed by atoms with Gasteiger partial charge in [0.2, 0.25) is 5.91 Å². The van der Waals surface area contributed by atoms with Gasteiger partial charge in [-0.1, -0.05) is 30.3 Å². The Labute approximate surface area is 131 Å². The lowest BCUT2D eigenvalue weighted by Gasteiger charge is -2.31. The molecule has 6 heteroatoms. The number of nitrogens with zero attached hydrogens (tertiary/aromatic N) is 1. The van der Waals surface area contributed by atoms with Crippen molar-refractivity contribution in [3.05, 3.63) is 35.9 Å². The highest BCUT2D eigenvalue weighted by molar-refractivity contribution is 7.80. The maximum Gasteiger partial charge on any atom is 0.241 e. The summed E-state index contributed by atoms with van der Waals surface area (Å²) in [6.45, 7) is 2.85. The van der Waals surface area contributed by atoms with Crippen molar-refractivity contribution in [1.82, 2.24) is 21.1 Å². The smallest absolute Gasteiger partial charge is 0.241 e. The van der Waals surface area contributed by atoms with Gasteiger partial charge in [0.05, 0.1) is 0 Å². The van der Waals surface area contributed by atoms with E-state index in [1.165, 1.54) is 5.56 Å². The largest absolute Gasteiger partial charge is 0.364 e. The third-order valence-corrected chi connectivity index (χ3v) is 4.04. The summed E-state index contributed by atoms with van der Waals surface area (Å²) < 4.78 is 0. The fourth-order valence-electron chi connectivity index (χ4n) is 2.48. The van der Waals surface area contributed by atoms with E-state index in [4.69, 9.17) is 12.2 Å². The van der Waals surface area contributed by atoms with Crippen LogP contribution >= 0.6 is 12.2 Å². The van der Waals surface area contributed by atoms with E-state index in [2.05, 4.69) is 45.3 Å². The molecule has 3 N–H and O–H groups in total. The van der Waals surface area contributed by atoms with Gasteiger partial charge < -0.3 is 5.32 Å². The number of carbonyl (C=O) groups is 1. The number of amides is 1. The molecule has 1 aromatic rings. The van der Waals surface area contributed by atoms with Gasteiger partial charge in [-0.05, 0) is 43.7 Å². The average molecular weight is 306 g/mol. The quantitative estimate of drug-likeness (QED) is 0.575. The van der Waals surface area contributed by atoms with Crippen LogP contribution in [-0.4, -0.2) is 36.1 Å². The number of thiocarbonyl (C=S) groups is 1. The van der Waals surface area contributed by atoms with Gasteiger partial charge in [-0.15, -0.1) is 0 Å². The van der Waals surface area contributed by atoms with Gasteiger partial charge in [0.1, 0.15) is 0 Å². The van der Waals surface area contributed by atoms with E-state index < -0.39 is 0 Å². The highest BCUT2D eigenvalue weighted by Gasteiger charge is 2.24. The zero-order valence-electron chi connectivity index (χ0n) is 12.3. The molecular weight excluding hydrogens is 284 g/mol. The van der Waals surface area contributed by atoms with Gasteiger partial charge in [-0.3, -0.25) is 20.5 Å². The second-order valence-corrected chi connectivity index (χ2v) is 5.64. The maximum atomic E-state index is 12.0. The molecule has 2 rings (SSSR count). The number of hydrazine groups is 1. The fourth-order valence-corrected chi connectivity index (χ4v) is 2.53. The van der Waals surface area contributed by atoms with Crippen molar-refractivity contribution in [1.29, 1.82) is 0 Å². The van der Waals surface area contributed by atoms with E-state index in [-0.39, 0.29) is 11.8 Å². The Bertz CT molecular complexity index is 472. The summed E-state index contributed by atoms with van der Waals surface area (Å²) in [6, 6.07) is 10.4. The van der Waals surface area contributed by atoms with Crippen LogP contribution in [0.2, 0.25) is 0 Å². The molecule has 0 unspecified atom stereocenters. The topological polar surface area (TPSA) is 56.4 Å². The summed E-state index contributed by atoms with van der Waals surface area (Å²) in [5.74, 6) is 0.0798. The van der Waals surface area contributed by atoms with Crippen molar-refractivity contribution in [3.63, 3.8) is 0 Å². The molecular formula is C15H22N4OS. The highest BCUT2D eigenvalue weighted by Crippen LogP contribution is 2.18. The molecule has 5 nitrogen and oxygen atoms in total. The SMILES string of the molecule is CNC(=S)NNC(=O)C1CCN(Cc2ccccc2)CC1. The summed E-state index contributed by atoms with van der Waals surface area (Å²) in [4.78, 5) is 14.4. The number of hydrogen-bond acceptors (Lipinski definition) is 3. The summed E-state index contributed by atoms with van der Waals surface area (Å²) in [5, 5.41) is 3.18. The van der Waals surface area contributed by atoms with Gasteiger partial charge in [-0.2, -0.15) is 0 Å². The molecule has 0 saturated carbocycles. The van der Waals surface area contributed by atoms with E-state index in [9.17, 15) is 4.79 Å². The number of rotatable bonds is 3. The van der Waals surface area contributed by atoms with Crippen LogP contribution in [0.4, 0.5) is 0 Å². The van der Waals surface area contributed by atoms with Crippen LogP contribution in [0.5, 0.6) is 0 Å². The molecule has 0 radical (unpaired) electrons. The number of hydrogen-bond donors (Lipinski definition) is 3. The zero-order chi connectivity index (χ0) is 15.1. The Morgan fingerprint density at radius 2 is 1.90 bits per heavy atom. The molecule has 114 valence electrons. The minimum Gasteiger partial charge on any atom is -0.364 e. The van der Waals surface area contributed by atoms with Crippen LogP contribution in [0.15, 0.2) is 30.3 Å². The lowest BCUT2D eigenvalue weighted by atomic mass is 9.96. The van der Waals surface area contributed by atoms with E-state index >= 15 is 0 Å². The fraction of sp³-hybridized carbons (Fsp3) is 0.467. The molecule has 1 saturated heterocycles. The van der Waals surface area contributed by atoms with E-state index in [1.54, 1.807) is 7.05 Å². The van der Waals surface area contributed by atoms with Crippen LogP contribution < -0.4 is 16.2 Å². The summed E-state index contributed by atoms with van der Waals surface area (Å²) in [5.41, 5.74) is 6.66. The molecule has 1 aliphatic heterocycles. The van der Waals surface area contributed by atoms with Gasteiger partial charge in [0, 0.05) is 19.5 Å². The third-order valence-electron chi connectivity index (χ3n) is 3.73. The number of likely N-dealkylation sites (tertiary alicyclic amines) is 1. The average Bonchev–Trinajstić information content (AvgIpc) is 2.54. The number of benzene rings is 1. The molecule has 21 heavy (non-hydrogen) atoms. The van der Waals surface area contributed by atoms with Crippen molar-refractivity contribution in [2.24, 2.45) is 5.92 Å². The van der Waals surface area contributed by atoms with Crippen molar-refractivity contribution in [3.8, 4) is 0 Å². The molecule has 0 atom stereocenters. The van der Waals surface area contributed by atoms with E-state index in [1.807, 2.05) is 6.07 Å². The van der Waals surface area contributed by atoms with Crippen LogP contribution in [-0.2, 0) is 11.3 Å². The first-order chi connectivity index (χ1) is 10.2. The predicted molar refractivity (Wildman–Crippen MR) is 87.4 cm³/mol.